The summed E-state index contributed by atoms with van der Waals surface area (Å²) in [6, 6.07) is 43.0. The molecular formula is C46H36O. The number of hydrogen-bond acceptors (Lipinski definition) is 1. The number of benzene rings is 6. The molecule has 0 aliphatic heterocycles. The second-order valence-corrected chi connectivity index (χ2v) is 13.0. The van der Waals surface area contributed by atoms with Crippen molar-refractivity contribution >= 4 is 21.5 Å². The minimum absolute atomic E-state index is 0.245. The highest BCUT2D eigenvalue weighted by Gasteiger charge is 2.46. The molecule has 47 heavy (non-hydrogen) atoms. The number of allylic oxidation sites excluding steroid dienone is 8. The van der Waals surface area contributed by atoms with Gasteiger partial charge in [0.05, 0.1) is 7.11 Å². The van der Waals surface area contributed by atoms with Crippen molar-refractivity contribution in [3.05, 3.63) is 174 Å². The standard InChI is InChI=1S/C46H36O/c1-47-36-23-21-32(22-24-36)37-25-26-38(35-20-19-31-12-5-6-15-34(31)28-35)40-29-42-39-16-8-10-18-44(39)46(45(42)30-41(37)40)27-11-3-2-4-13-33-14-7-9-17-43(33)46/h2-6,8,10-12,14-26,28-30H,7,9,13,27H2,1H3/b4-2-,11-3-. The van der Waals surface area contributed by atoms with Crippen molar-refractivity contribution in [1.29, 1.82) is 0 Å². The van der Waals surface area contributed by atoms with E-state index in [2.05, 4.69) is 152 Å². The second-order valence-electron chi connectivity index (χ2n) is 13.0. The second kappa shape index (κ2) is 11.1. The molecule has 1 atom stereocenters. The molecule has 0 saturated heterocycles. The maximum Gasteiger partial charge on any atom is 0.118 e. The van der Waals surface area contributed by atoms with E-state index < -0.39 is 0 Å². The van der Waals surface area contributed by atoms with Crippen LogP contribution in [0.5, 0.6) is 5.75 Å². The Labute approximate surface area is 276 Å². The summed E-state index contributed by atoms with van der Waals surface area (Å²) in [5.41, 5.74) is 13.2. The Morgan fingerprint density at radius 2 is 1.28 bits per heavy atom. The largest absolute Gasteiger partial charge is 0.497 e. The third-order valence-electron chi connectivity index (χ3n) is 10.6. The molecule has 1 unspecified atom stereocenters. The molecular weight excluding hydrogens is 569 g/mol. The fourth-order valence-electron chi connectivity index (χ4n) is 8.42. The molecule has 0 saturated carbocycles. The third kappa shape index (κ3) is 4.37. The first-order chi connectivity index (χ1) is 23.2. The van der Waals surface area contributed by atoms with Gasteiger partial charge in [0, 0.05) is 5.41 Å². The summed E-state index contributed by atoms with van der Waals surface area (Å²) in [6.07, 6.45) is 18.3. The van der Waals surface area contributed by atoms with Gasteiger partial charge in [0.2, 0.25) is 0 Å². The topological polar surface area (TPSA) is 9.23 Å². The number of ether oxygens (including phenoxy) is 1. The molecule has 0 radical (unpaired) electrons. The molecule has 1 spiro atoms. The van der Waals surface area contributed by atoms with Gasteiger partial charge in [-0.1, -0.05) is 121 Å². The normalized spacial score (nSPS) is 19.5. The summed E-state index contributed by atoms with van der Waals surface area (Å²) in [4.78, 5) is 0. The van der Waals surface area contributed by atoms with Gasteiger partial charge in [0.15, 0.2) is 0 Å². The quantitative estimate of drug-likeness (QED) is 0.195. The van der Waals surface area contributed by atoms with Crippen LogP contribution in [0.4, 0.5) is 0 Å². The Bertz CT molecular complexity index is 2330. The fourth-order valence-corrected chi connectivity index (χ4v) is 8.42. The van der Waals surface area contributed by atoms with E-state index in [0.29, 0.717) is 0 Å². The molecule has 1 nitrogen and oxygen atoms in total. The van der Waals surface area contributed by atoms with Gasteiger partial charge in [-0.15, -0.1) is 0 Å². The Morgan fingerprint density at radius 3 is 2.15 bits per heavy atom. The summed E-state index contributed by atoms with van der Waals surface area (Å²) < 4.78 is 5.54. The van der Waals surface area contributed by atoms with E-state index in [9.17, 15) is 0 Å². The van der Waals surface area contributed by atoms with Crippen molar-refractivity contribution in [2.24, 2.45) is 0 Å². The summed E-state index contributed by atoms with van der Waals surface area (Å²) in [5, 5.41) is 5.10. The lowest BCUT2D eigenvalue weighted by atomic mass is 9.65. The van der Waals surface area contributed by atoms with Gasteiger partial charge in [0.1, 0.15) is 5.75 Å². The Kier molecular flexibility index (Phi) is 6.61. The van der Waals surface area contributed by atoms with Crippen molar-refractivity contribution in [2.45, 2.75) is 31.1 Å². The average molecular weight is 605 g/mol. The molecule has 0 N–H and O–H groups in total. The molecule has 0 bridgehead atoms. The number of fused-ring (bicyclic) bond motifs is 9. The predicted molar refractivity (Wildman–Crippen MR) is 198 cm³/mol. The summed E-state index contributed by atoms with van der Waals surface area (Å²) in [6.45, 7) is 0. The zero-order valence-corrected chi connectivity index (χ0v) is 26.7. The van der Waals surface area contributed by atoms with Crippen LogP contribution >= 0.6 is 0 Å². The highest BCUT2D eigenvalue weighted by atomic mass is 16.5. The Hall–Kier alpha value is -5.40. The zero-order chi connectivity index (χ0) is 31.4. The summed E-state index contributed by atoms with van der Waals surface area (Å²) in [5.74, 6) is 0.871. The first-order valence-corrected chi connectivity index (χ1v) is 16.8. The number of hydrogen-bond donors (Lipinski definition) is 0. The molecule has 0 heterocycles. The minimum Gasteiger partial charge on any atom is -0.497 e. The summed E-state index contributed by atoms with van der Waals surface area (Å²) >= 11 is 0. The molecule has 9 rings (SSSR count). The van der Waals surface area contributed by atoms with Gasteiger partial charge in [-0.3, -0.25) is 0 Å². The van der Waals surface area contributed by atoms with Crippen molar-refractivity contribution < 1.29 is 4.74 Å². The highest BCUT2D eigenvalue weighted by molar-refractivity contribution is 6.09. The first-order valence-electron chi connectivity index (χ1n) is 16.8. The maximum atomic E-state index is 5.54. The summed E-state index contributed by atoms with van der Waals surface area (Å²) in [7, 11) is 1.73. The van der Waals surface area contributed by atoms with Crippen LogP contribution in [0.1, 0.15) is 36.8 Å². The molecule has 1 heteroatoms. The van der Waals surface area contributed by atoms with Crippen LogP contribution in [0.15, 0.2) is 163 Å². The molecule has 6 aromatic rings. The smallest absolute Gasteiger partial charge is 0.118 e. The van der Waals surface area contributed by atoms with Crippen LogP contribution in [0, 0.1) is 0 Å². The Balaban J connectivity index is 1.37. The van der Waals surface area contributed by atoms with E-state index in [4.69, 9.17) is 4.74 Å². The van der Waals surface area contributed by atoms with Crippen LogP contribution in [-0.4, -0.2) is 7.11 Å². The molecule has 0 amide bonds. The third-order valence-corrected chi connectivity index (χ3v) is 10.6. The van der Waals surface area contributed by atoms with Gasteiger partial charge >= 0.3 is 0 Å². The van der Waals surface area contributed by atoms with E-state index in [1.807, 2.05) is 0 Å². The van der Waals surface area contributed by atoms with Gasteiger partial charge < -0.3 is 4.74 Å². The molecule has 0 aromatic heterocycles. The van der Waals surface area contributed by atoms with Crippen LogP contribution < -0.4 is 4.74 Å². The van der Waals surface area contributed by atoms with Crippen LogP contribution in [-0.2, 0) is 5.41 Å². The van der Waals surface area contributed by atoms with E-state index in [1.165, 1.54) is 77.2 Å². The van der Waals surface area contributed by atoms with Crippen molar-refractivity contribution in [2.75, 3.05) is 7.11 Å². The highest BCUT2D eigenvalue weighted by Crippen LogP contribution is 2.59. The molecule has 3 aliphatic carbocycles. The first kappa shape index (κ1) is 27.9. The lowest BCUT2D eigenvalue weighted by molar-refractivity contribution is 0.415. The van der Waals surface area contributed by atoms with Crippen LogP contribution in [0.2, 0.25) is 0 Å². The molecule has 226 valence electrons. The lowest BCUT2D eigenvalue weighted by Crippen LogP contribution is -2.29. The fraction of sp³-hybridized carbons (Fsp3) is 0.130. The monoisotopic (exact) mass is 604 g/mol. The SMILES string of the molecule is COc1ccc(-c2ccc(-c3ccc4ccccc4c3)c3cc4c(cc23)C2(C/C=C\C=C/CC3=CCCC=C32)c2ccccc2-4)cc1. The number of rotatable bonds is 3. The van der Waals surface area contributed by atoms with Gasteiger partial charge in [0.25, 0.3) is 0 Å². The lowest BCUT2D eigenvalue weighted by Gasteiger charge is -2.37. The minimum atomic E-state index is -0.245. The molecule has 0 fully saturated rings. The van der Waals surface area contributed by atoms with E-state index in [1.54, 1.807) is 7.11 Å². The van der Waals surface area contributed by atoms with Gasteiger partial charge in [-0.05, 0) is 133 Å². The average Bonchev–Trinajstić information content (AvgIpc) is 3.45. The predicted octanol–water partition coefficient (Wildman–Crippen LogP) is 12.2. The van der Waals surface area contributed by atoms with Crippen molar-refractivity contribution in [1.82, 2.24) is 0 Å². The van der Waals surface area contributed by atoms with E-state index >= 15 is 0 Å². The number of methoxy groups -OCH3 is 1. The van der Waals surface area contributed by atoms with Gasteiger partial charge in [-0.2, -0.15) is 0 Å². The van der Waals surface area contributed by atoms with E-state index in [0.717, 1.165) is 31.4 Å². The van der Waals surface area contributed by atoms with E-state index in [-0.39, 0.29) is 5.41 Å². The van der Waals surface area contributed by atoms with Crippen LogP contribution in [0.3, 0.4) is 0 Å². The molecule has 6 aromatic carbocycles. The van der Waals surface area contributed by atoms with Gasteiger partial charge in [-0.25, -0.2) is 0 Å². The maximum absolute atomic E-state index is 5.54. The van der Waals surface area contributed by atoms with Crippen molar-refractivity contribution in [3.8, 4) is 39.1 Å². The van der Waals surface area contributed by atoms with Crippen LogP contribution in [0.25, 0.3) is 54.9 Å². The zero-order valence-electron chi connectivity index (χ0n) is 26.7. The Morgan fingerprint density at radius 1 is 0.553 bits per heavy atom. The molecule has 3 aliphatic rings. The van der Waals surface area contributed by atoms with Crippen molar-refractivity contribution in [3.63, 3.8) is 0 Å².